The summed E-state index contributed by atoms with van der Waals surface area (Å²) in [5, 5.41) is 5.72. The van der Waals surface area contributed by atoms with Gasteiger partial charge in [-0.2, -0.15) is 5.10 Å². The average molecular weight is 328 g/mol. The van der Waals surface area contributed by atoms with Gasteiger partial charge >= 0.3 is 0 Å². The lowest BCUT2D eigenvalue weighted by Gasteiger charge is -1.98. The van der Waals surface area contributed by atoms with Gasteiger partial charge in [0.15, 0.2) is 0 Å². The SMILES string of the molecule is Cc1sc(N/N=C\c2ccccc2)nc1-c1ccc(Cl)cc1. The molecule has 110 valence electrons. The first kappa shape index (κ1) is 14.8. The van der Waals surface area contributed by atoms with Crippen LogP contribution in [0.15, 0.2) is 59.7 Å². The number of benzene rings is 2. The Balaban J connectivity index is 1.75. The smallest absolute Gasteiger partial charge is 0.204 e. The van der Waals surface area contributed by atoms with Gasteiger partial charge in [-0.15, -0.1) is 11.3 Å². The molecular formula is C17H14ClN3S. The van der Waals surface area contributed by atoms with Gasteiger partial charge in [0.2, 0.25) is 5.13 Å². The van der Waals surface area contributed by atoms with Crippen LogP contribution in [-0.2, 0) is 0 Å². The summed E-state index contributed by atoms with van der Waals surface area (Å²) in [7, 11) is 0. The van der Waals surface area contributed by atoms with Crippen LogP contribution in [0.4, 0.5) is 5.13 Å². The molecule has 0 aliphatic heterocycles. The van der Waals surface area contributed by atoms with E-state index in [-0.39, 0.29) is 0 Å². The summed E-state index contributed by atoms with van der Waals surface area (Å²) in [6.07, 6.45) is 1.78. The number of aromatic nitrogens is 1. The molecule has 0 atom stereocenters. The van der Waals surface area contributed by atoms with Gasteiger partial charge in [0, 0.05) is 15.5 Å². The molecule has 5 heteroatoms. The van der Waals surface area contributed by atoms with Gasteiger partial charge in [0.05, 0.1) is 11.9 Å². The molecule has 0 unspecified atom stereocenters. The third-order valence-corrected chi connectivity index (χ3v) is 4.22. The first-order valence-corrected chi connectivity index (χ1v) is 7.99. The molecular weight excluding hydrogens is 314 g/mol. The fourth-order valence-corrected chi connectivity index (χ4v) is 2.93. The lowest BCUT2D eigenvalue weighted by atomic mass is 10.1. The lowest BCUT2D eigenvalue weighted by molar-refractivity contribution is 1.28. The van der Waals surface area contributed by atoms with Gasteiger partial charge in [-0.3, -0.25) is 5.43 Å². The molecule has 0 fully saturated rings. The number of hydrogen-bond donors (Lipinski definition) is 1. The highest BCUT2D eigenvalue weighted by Gasteiger charge is 2.09. The molecule has 3 rings (SSSR count). The van der Waals surface area contributed by atoms with Crippen molar-refractivity contribution < 1.29 is 0 Å². The lowest BCUT2D eigenvalue weighted by Crippen LogP contribution is -1.89. The normalized spacial score (nSPS) is 11.0. The second-order valence-corrected chi connectivity index (χ2v) is 6.35. The second kappa shape index (κ2) is 6.73. The van der Waals surface area contributed by atoms with Crippen LogP contribution < -0.4 is 5.43 Å². The topological polar surface area (TPSA) is 37.3 Å². The number of nitrogens with zero attached hydrogens (tertiary/aromatic N) is 2. The summed E-state index contributed by atoms with van der Waals surface area (Å²) >= 11 is 7.50. The Morgan fingerprint density at radius 2 is 1.82 bits per heavy atom. The number of anilines is 1. The number of nitrogens with one attached hydrogen (secondary N) is 1. The molecule has 0 saturated carbocycles. The summed E-state index contributed by atoms with van der Waals surface area (Å²) < 4.78 is 0. The summed E-state index contributed by atoms with van der Waals surface area (Å²) in [6, 6.07) is 17.6. The summed E-state index contributed by atoms with van der Waals surface area (Å²) in [4.78, 5) is 5.73. The zero-order valence-electron chi connectivity index (χ0n) is 12.0. The molecule has 1 N–H and O–H groups in total. The number of hydrazone groups is 1. The van der Waals surface area contributed by atoms with Crippen LogP contribution in [0.3, 0.4) is 0 Å². The zero-order valence-corrected chi connectivity index (χ0v) is 13.5. The van der Waals surface area contributed by atoms with E-state index in [2.05, 4.69) is 15.5 Å². The Kier molecular flexibility index (Phi) is 4.51. The molecule has 1 aromatic heterocycles. The molecule has 2 aromatic carbocycles. The van der Waals surface area contributed by atoms with E-state index < -0.39 is 0 Å². The molecule has 0 aliphatic rings. The quantitative estimate of drug-likeness (QED) is 0.527. The summed E-state index contributed by atoms with van der Waals surface area (Å²) in [6.45, 7) is 2.05. The molecule has 22 heavy (non-hydrogen) atoms. The highest BCUT2D eigenvalue weighted by atomic mass is 35.5. The Bertz CT molecular complexity index is 779. The summed E-state index contributed by atoms with van der Waals surface area (Å²) in [5.74, 6) is 0. The van der Waals surface area contributed by atoms with Crippen molar-refractivity contribution >= 4 is 34.3 Å². The van der Waals surface area contributed by atoms with Crippen LogP contribution in [0.1, 0.15) is 10.4 Å². The van der Waals surface area contributed by atoms with Crippen molar-refractivity contribution in [1.82, 2.24) is 4.98 Å². The fourth-order valence-electron chi connectivity index (χ4n) is 2.02. The van der Waals surface area contributed by atoms with Crippen molar-refractivity contribution in [3.63, 3.8) is 0 Å². The van der Waals surface area contributed by atoms with Crippen LogP contribution in [0, 0.1) is 6.92 Å². The van der Waals surface area contributed by atoms with E-state index in [1.54, 1.807) is 17.6 Å². The Morgan fingerprint density at radius 1 is 1.09 bits per heavy atom. The number of aryl methyl sites for hydroxylation is 1. The van der Waals surface area contributed by atoms with Crippen molar-refractivity contribution in [2.45, 2.75) is 6.92 Å². The first-order valence-electron chi connectivity index (χ1n) is 6.80. The standard InChI is InChI=1S/C17H14ClN3S/c1-12-16(14-7-9-15(18)10-8-14)20-17(22-12)21-19-11-13-5-3-2-4-6-13/h2-11H,1H3,(H,20,21)/b19-11-. The Hall–Kier alpha value is -2.17. The molecule has 0 bridgehead atoms. The predicted octanol–water partition coefficient (Wildman–Crippen LogP) is 5.22. The maximum absolute atomic E-state index is 5.92. The molecule has 3 aromatic rings. The first-order chi connectivity index (χ1) is 10.7. The van der Waals surface area contributed by atoms with E-state index in [1.165, 1.54) is 0 Å². The highest BCUT2D eigenvalue weighted by Crippen LogP contribution is 2.30. The van der Waals surface area contributed by atoms with Gasteiger partial charge in [-0.25, -0.2) is 4.98 Å². The van der Waals surface area contributed by atoms with Crippen molar-refractivity contribution in [2.24, 2.45) is 5.10 Å². The largest absolute Gasteiger partial charge is 0.253 e. The van der Waals surface area contributed by atoms with Crippen LogP contribution >= 0.6 is 22.9 Å². The van der Waals surface area contributed by atoms with Gasteiger partial charge in [-0.05, 0) is 24.6 Å². The minimum atomic E-state index is 0.724. The number of halogens is 1. The molecule has 1 heterocycles. The number of thiazole rings is 1. The van der Waals surface area contributed by atoms with Crippen molar-refractivity contribution in [3.8, 4) is 11.3 Å². The second-order valence-electron chi connectivity index (χ2n) is 4.71. The highest BCUT2D eigenvalue weighted by molar-refractivity contribution is 7.15. The van der Waals surface area contributed by atoms with E-state index in [9.17, 15) is 0 Å². The zero-order chi connectivity index (χ0) is 15.4. The monoisotopic (exact) mass is 327 g/mol. The van der Waals surface area contributed by atoms with Gasteiger partial charge in [0.1, 0.15) is 0 Å². The molecule has 0 saturated heterocycles. The van der Waals surface area contributed by atoms with E-state index in [0.29, 0.717) is 0 Å². The third-order valence-electron chi connectivity index (χ3n) is 3.09. The maximum Gasteiger partial charge on any atom is 0.204 e. The third kappa shape index (κ3) is 3.53. The average Bonchev–Trinajstić information content (AvgIpc) is 2.90. The predicted molar refractivity (Wildman–Crippen MR) is 95.0 cm³/mol. The van der Waals surface area contributed by atoms with Crippen LogP contribution in [0.2, 0.25) is 5.02 Å². The van der Waals surface area contributed by atoms with E-state index >= 15 is 0 Å². The van der Waals surface area contributed by atoms with Crippen molar-refractivity contribution in [1.29, 1.82) is 0 Å². The minimum absolute atomic E-state index is 0.724. The maximum atomic E-state index is 5.92. The Labute approximate surface area is 138 Å². The van der Waals surface area contributed by atoms with Crippen molar-refractivity contribution in [3.05, 3.63) is 70.1 Å². The van der Waals surface area contributed by atoms with Gasteiger partial charge in [-0.1, -0.05) is 54.1 Å². The van der Waals surface area contributed by atoms with Crippen molar-refractivity contribution in [2.75, 3.05) is 5.43 Å². The van der Waals surface area contributed by atoms with E-state index in [4.69, 9.17) is 11.6 Å². The molecule has 0 spiro atoms. The molecule has 0 radical (unpaired) electrons. The number of rotatable bonds is 4. The fraction of sp³-hybridized carbons (Fsp3) is 0.0588. The number of hydrogen-bond acceptors (Lipinski definition) is 4. The minimum Gasteiger partial charge on any atom is -0.253 e. The van der Waals surface area contributed by atoms with Crippen LogP contribution in [-0.4, -0.2) is 11.2 Å². The molecule has 0 amide bonds. The molecule has 0 aliphatic carbocycles. The summed E-state index contributed by atoms with van der Waals surface area (Å²) in [5.41, 5.74) is 6.04. The van der Waals surface area contributed by atoms with E-state index in [0.717, 1.165) is 31.9 Å². The van der Waals surface area contributed by atoms with E-state index in [1.807, 2.05) is 61.5 Å². The van der Waals surface area contributed by atoms with Crippen LogP contribution in [0.5, 0.6) is 0 Å². The van der Waals surface area contributed by atoms with Gasteiger partial charge in [0.25, 0.3) is 0 Å². The molecule has 3 nitrogen and oxygen atoms in total. The van der Waals surface area contributed by atoms with Gasteiger partial charge < -0.3 is 0 Å². The van der Waals surface area contributed by atoms with Crippen LogP contribution in [0.25, 0.3) is 11.3 Å². The Morgan fingerprint density at radius 3 is 2.55 bits per heavy atom.